The quantitative estimate of drug-likeness (QED) is 0.174. The number of nitrogens with one attached hydrogen (secondary N) is 3. The van der Waals surface area contributed by atoms with Gasteiger partial charge in [0.25, 0.3) is 0 Å². The number of benzene rings is 1. The summed E-state index contributed by atoms with van der Waals surface area (Å²) in [5.41, 5.74) is 1.35. The van der Waals surface area contributed by atoms with E-state index in [1.165, 1.54) is 18.4 Å². The summed E-state index contributed by atoms with van der Waals surface area (Å²) in [7, 11) is -3.11. The van der Waals surface area contributed by atoms with Crippen molar-refractivity contribution < 1.29 is 8.42 Å². The molecule has 1 saturated heterocycles. The summed E-state index contributed by atoms with van der Waals surface area (Å²) < 4.78 is 25.5. The van der Waals surface area contributed by atoms with Gasteiger partial charge >= 0.3 is 0 Å². The second kappa shape index (κ2) is 14.2. The molecule has 1 aliphatic rings. The highest BCUT2D eigenvalue weighted by Gasteiger charge is 2.24. The Morgan fingerprint density at radius 3 is 2.62 bits per heavy atom. The first-order chi connectivity index (χ1) is 13.5. The molecule has 1 aromatic rings. The molecule has 1 unspecified atom stereocenters. The Morgan fingerprint density at radius 2 is 1.93 bits per heavy atom. The van der Waals surface area contributed by atoms with Crippen LogP contribution in [0, 0.1) is 0 Å². The van der Waals surface area contributed by atoms with E-state index in [1.807, 2.05) is 6.92 Å². The zero-order chi connectivity index (χ0) is 20.2. The van der Waals surface area contributed by atoms with Crippen molar-refractivity contribution in [3.8, 4) is 0 Å². The molecule has 0 aliphatic carbocycles. The average molecular weight is 538 g/mol. The second-order valence-corrected chi connectivity index (χ2v) is 9.15. The number of halogens is 1. The van der Waals surface area contributed by atoms with Gasteiger partial charge in [0.05, 0.1) is 12.3 Å². The number of sulfonamides is 1. The van der Waals surface area contributed by atoms with Crippen molar-refractivity contribution in [2.24, 2.45) is 4.99 Å². The van der Waals surface area contributed by atoms with Crippen LogP contribution in [-0.2, 0) is 16.6 Å². The third-order valence-corrected chi connectivity index (χ3v) is 6.28. The Labute approximate surface area is 193 Å². The lowest BCUT2D eigenvalue weighted by Gasteiger charge is -2.23. The summed E-state index contributed by atoms with van der Waals surface area (Å²) in [6.07, 6.45) is 3.11. The molecule has 0 saturated carbocycles. The summed E-state index contributed by atoms with van der Waals surface area (Å²) in [6, 6.07) is 11.1. The highest BCUT2D eigenvalue weighted by molar-refractivity contribution is 14.0. The van der Waals surface area contributed by atoms with Gasteiger partial charge in [-0.15, -0.1) is 24.0 Å². The fraction of sp³-hybridized carbons (Fsp3) is 0.650. The minimum atomic E-state index is -3.11. The van der Waals surface area contributed by atoms with Gasteiger partial charge in [-0.1, -0.05) is 30.3 Å². The molecule has 0 bridgehead atoms. The summed E-state index contributed by atoms with van der Waals surface area (Å²) in [5, 5.41) is 6.57. The van der Waals surface area contributed by atoms with E-state index in [1.54, 1.807) is 6.92 Å². The maximum atomic E-state index is 11.4. The lowest BCUT2D eigenvalue weighted by Crippen LogP contribution is -2.40. The van der Waals surface area contributed by atoms with E-state index < -0.39 is 10.0 Å². The van der Waals surface area contributed by atoms with E-state index in [-0.39, 0.29) is 29.7 Å². The van der Waals surface area contributed by atoms with Gasteiger partial charge in [0.15, 0.2) is 5.96 Å². The number of nitrogens with zero attached hydrogens (tertiary/aromatic N) is 2. The lowest BCUT2D eigenvalue weighted by atomic mass is 10.2. The van der Waals surface area contributed by atoms with Gasteiger partial charge in [0, 0.05) is 32.2 Å². The standard InChI is InChI=1S/C20H35N5O2S.HI/c1-3-21-20(22-13-9-14-24-28(26,27)4-2)23-16-19-12-8-15-25(19)17-18-10-6-5-7-11-18;/h5-7,10-11,19,24H,3-4,8-9,12-17H2,1-2H3,(H2,21,22,23);1H. The molecule has 7 nitrogen and oxygen atoms in total. The predicted molar refractivity (Wildman–Crippen MR) is 131 cm³/mol. The zero-order valence-corrected chi connectivity index (χ0v) is 20.7. The van der Waals surface area contributed by atoms with Crippen LogP contribution < -0.4 is 15.4 Å². The SMILES string of the molecule is CCNC(=NCC1CCCN1Cc1ccccc1)NCCCNS(=O)(=O)CC.I. The van der Waals surface area contributed by atoms with E-state index in [4.69, 9.17) is 4.99 Å². The van der Waals surface area contributed by atoms with Crippen LogP contribution in [0.1, 0.15) is 38.7 Å². The molecule has 29 heavy (non-hydrogen) atoms. The van der Waals surface area contributed by atoms with Crippen LogP contribution in [-0.4, -0.2) is 63.8 Å². The Balaban J connectivity index is 0.00000420. The molecule has 3 N–H and O–H groups in total. The first-order valence-electron chi connectivity index (χ1n) is 10.3. The number of hydrogen-bond acceptors (Lipinski definition) is 4. The lowest BCUT2D eigenvalue weighted by molar-refractivity contribution is 0.250. The molecule has 1 aliphatic heterocycles. The summed E-state index contributed by atoms with van der Waals surface area (Å²) >= 11 is 0. The van der Waals surface area contributed by atoms with Crippen LogP contribution in [0.2, 0.25) is 0 Å². The number of guanidine groups is 1. The molecule has 1 atom stereocenters. The molecule has 1 aromatic carbocycles. The largest absolute Gasteiger partial charge is 0.357 e. The molecule has 0 amide bonds. The number of aliphatic imine (C=N–C) groups is 1. The summed E-state index contributed by atoms with van der Waals surface area (Å²) in [6.45, 7) is 8.47. The van der Waals surface area contributed by atoms with E-state index in [0.29, 0.717) is 25.6 Å². The fourth-order valence-electron chi connectivity index (χ4n) is 3.29. The average Bonchev–Trinajstić information content (AvgIpc) is 3.13. The van der Waals surface area contributed by atoms with Crippen LogP contribution >= 0.6 is 24.0 Å². The molecule has 1 fully saturated rings. The van der Waals surface area contributed by atoms with Gasteiger partial charge in [0.2, 0.25) is 10.0 Å². The van der Waals surface area contributed by atoms with Crippen molar-refractivity contribution in [2.75, 3.05) is 38.5 Å². The normalized spacial score (nSPS) is 17.7. The second-order valence-electron chi connectivity index (χ2n) is 7.05. The summed E-state index contributed by atoms with van der Waals surface area (Å²) in [5.74, 6) is 0.915. The van der Waals surface area contributed by atoms with Gasteiger partial charge in [-0.25, -0.2) is 13.1 Å². The van der Waals surface area contributed by atoms with Crippen LogP contribution in [0.4, 0.5) is 0 Å². The highest BCUT2D eigenvalue weighted by Crippen LogP contribution is 2.20. The van der Waals surface area contributed by atoms with Gasteiger partial charge in [-0.2, -0.15) is 0 Å². The molecule has 0 radical (unpaired) electrons. The van der Waals surface area contributed by atoms with Crippen molar-refractivity contribution in [2.45, 2.75) is 45.7 Å². The predicted octanol–water partition coefficient (Wildman–Crippen LogP) is 2.15. The van der Waals surface area contributed by atoms with Crippen molar-refractivity contribution in [1.82, 2.24) is 20.3 Å². The molecular weight excluding hydrogens is 501 g/mol. The molecule has 9 heteroatoms. The van der Waals surface area contributed by atoms with Crippen LogP contribution in [0.5, 0.6) is 0 Å². The number of rotatable bonds is 11. The Kier molecular flexibility index (Phi) is 12.8. The molecule has 166 valence electrons. The molecule has 0 aromatic heterocycles. The van der Waals surface area contributed by atoms with Crippen LogP contribution in [0.3, 0.4) is 0 Å². The maximum absolute atomic E-state index is 11.4. The van der Waals surface area contributed by atoms with Crippen molar-refractivity contribution in [3.05, 3.63) is 35.9 Å². The fourth-order valence-corrected chi connectivity index (χ4v) is 3.95. The maximum Gasteiger partial charge on any atom is 0.211 e. The van der Waals surface area contributed by atoms with E-state index in [2.05, 4.69) is 50.6 Å². The number of likely N-dealkylation sites (tertiary alicyclic amines) is 1. The minimum absolute atomic E-state index is 0. The molecule has 2 rings (SSSR count). The third kappa shape index (κ3) is 10.1. The molecular formula is C20H36IN5O2S. The third-order valence-electron chi connectivity index (χ3n) is 4.88. The van der Waals surface area contributed by atoms with Crippen molar-refractivity contribution >= 4 is 40.0 Å². The highest BCUT2D eigenvalue weighted by atomic mass is 127. The van der Waals surface area contributed by atoms with Gasteiger partial charge in [-0.3, -0.25) is 9.89 Å². The molecule has 0 spiro atoms. The van der Waals surface area contributed by atoms with Crippen molar-refractivity contribution in [1.29, 1.82) is 0 Å². The zero-order valence-electron chi connectivity index (χ0n) is 17.6. The monoisotopic (exact) mass is 537 g/mol. The van der Waals surface area contributed by atoms with Gasteiger partial charge in [0.1, 0.15) is 0 Å². The number of hydrogen-bond donors (Lipinski definition) is 3. The van der Waals surface area contributed by atoms with Gasteiger partial charge < -0.3 is 10.6 Å². The van der Waals surface area contributed by atoms with Crippen LogP contribution in [0.15, 0.2) is 35.3 Å². The van der Waals surface area contributed by atoms with Gasteiger partial charge in [-0.05, 0) is 45.2 Å². The van der Waals surface area contributed by atoms with Crippen LogP contribution in [0.25, 0.3) is 0 Å². The molecule has 1 heterocycles. The Bertz CT molecular complexity index is 700. The van der Waals surface area contributed by atoms with Crippen molar-refractivity contribution in [3.63, 3.8) is 0 Å². The minimum Gasteiger partial charge on any atom is -0.357 e. The van der Waals surface area contributed by atoms with E-state index >= 15 is 0 Å². The smallest absolute Gasteiger partial charge is 0.211 e. The topological polar surface area (TPSA) is 85.8 Å². The first-order valence-corrected chi connectivity index (χ1v) is 12.0. The first kappa shape index (κ1) is 26.1. The Hall–Kier alpha value is -0.910. The van der Waals surface area contributed by atoms with E-state index in [0.717, 1.165) is 32.1 Å². The Morgan fingerprint density at radius 1 is 1.17 bits per heavy atom. The van der Waals surface area contributed by atoms with E-state index in [9.17, 15) is 8.42 Å². The summed E-state index contributed by atoms with van der Waals surface area (Å²) in [4.78, 5) is 7.28.